The summed E-state index contributed by atoms with van der Waals surface area (Å²) >= 11 is 0. The van der Waals surface area contributed by atoms with Crippen molar-refractivity contribution in [2.24, 2.45) is 0 Å². The average Bonchev–Trinajstić information content (AvgIpc) is 2.78. The van der Waals surface area contributed by atoms with Crippen LogP contribution in [0.15, 0.2) is 84.9 Å². The molecule has 0 atom stereocenters. The summed E-state index contributed by atoms with van der Waals surface area (Å²) in [5.74, 6) is 0. The van der Waals surface area contributed by atoms with E-state index in [4.69, 9.17) is 0 Å². The van der Waals surface area contributed by atoms with Crippen LogP contribution in [-0.4, -0.2) is 19.6 Å². The Bertz CT molecular complexity index is 3360. The minimum atomic E-state index is -2.91. The molecule has 0 heterocycles. The van der Waals surface area contributed by atoms with Gasteiger partial charge in [0, 0.05) is 16.7 Å². The molecule has 0 aromatic heterocycles. The lowest BCUT2D eigenvalue weighted by Gasteiger charge is -2.40. The first kappa shape index (κ1) is 65.6. The molecule has 4 N–H and O–H groups in total. The second kappa shape index (κ2) is 23.4. The van der Waals surface area contributed by atoms with Gasteiger partial charge in [0.25, 0.3) is 0 Å². The number of fused-ring (bicyclic) bond motifs is 4. The zero-order valence-electron chi connectivity index (χ0n) is 55.4. The van der Waals surface area contributed by atoms with Crippen LogP contribution in [0.2, 0.25) is 0 Å². The third kappa shape index (κ3) is 11.5. The molecule has 0 bridgehead atoms. The molecule has 1 aliphatic carbocycles. The number of hydrogen-bond acceptors (Lipinski definition) is 4. The Balaban J connectivity index is 1.90. The summed E-state index contributed by atoms with van der Waals surface area (Å²) in [5.41, 5.74) is 20.4. The lowest BCUT2D eigenvalue weighted by molar-refractivity contribution is 0.488. The smallest absolute Gasteiger partial charge is 0.201 e. The molecule has 0 radical (unpaired) electrons. The predicted octanol–water partition coefficient (Wildman–Crippen LogP) is 21.3. The van der Waals surface area contributed by atoms with Crippen LogP contribution in [0.1, 0.15) is 262 Å². The van der Waals surface area contributed by atoms with E-state index in [1.807, 2.05) is 0 Å². The van der Waals surface area contributed by atoms with Crippen LogP contribution < -0.4 is 10.6 Å². The molecule has 6 heteroatoms. The summed E-state index contributed by atoms with van der Waals surface area (Å²) in [4.78, 5) is 49.4. The van der Waals surface area contributed by atoms with Crippen LogP contribution in [0.25, 0.3) is 66.8 Å². The quantitative estimate of drug-likeness (QED) is 0.0510. The van der Waals surface area contributed by atoms with Crippen LogP contribution in [0.5, 0.6) is 0 Å². The Labute approximate surface area is 501 Å². The molecule has 1 aliphatic rings. The van der Waals surface area contributed by atoms with E-state index < -0.39 is 16.8 Å². The Morgan fingerprint density at radius 3 is 0.768 bits per heavy atom. The van der Waals surface area contributed by atoms with Crippen LogP contribution in [0.3, 0.4) is 0 Å². The van der Waals surface area contributed by atoms with Gasteiger partial charge in [0.2, 0.25) is 16.8 Å². The van der Waals surface area contributed by atoms with E-state index in [1.54, 1.807) is 0 Å². The Hall–Kier alpha value is -3.98. The van der Waals surface area contributed by atoms with E-state index >= 15 is 0 Å². The van der Waals surface area contributed by atoms with Gasteiger partial charge in [-0.3, -0.25) is 0 Å². The van der Waals surface area contributed by atoms with Crippen LogP contribution in [0.4, 0.5) is 0 Å². The minimum Gasteiger partial charge on any atom is -0.347 e. The van der Waals surface area contributed by atoms with E-state index in [-0.39, 0.29) is 53.9 Å². The van der Waals surface area contributed by atoms with E-state index in [9.17, 15) is 19.6 Å². The average molecular weight is 1150 g/mol. The summed E-state index contributed by atoms with van der Waals surface area (Å²) in [6, 6.07) is 33.1. The molecule has 4 nitrogen and oxygen atoms in total. The summed E-state index contributed by atoms with van der Waals surface area (Å²) in [6.07, 6.45) is 7.46. The summed E-state index contributed by atoms with van der Waals surface area (Å²) in [6.45, 7) is 55.8. The largest absolute Gasteiger partial charge is 0.347 e. The molecular formula is C76H106O4P2. The van der Waals surface area contributed by atoms with E-state index in [2.05, 4.69) is 251 Å². The van der Waals surface area contributed by atoms with Crippen molar-refractivity contribution in [1.29, 1.82) is 0 Å². The fourth-order valence-electron chi connectivity index (χ4n) is 12.2. The van der Waals surface area contributed by atoms with Gasteiger partial charge in [-0.15, -0.1) is 0 Å². The summed E-state index contributed by atoms with van der Waals surface area (Å²) in [7, 11) is -5.79. The molecule has 0 unspecified atom stereocenters. The monoisotopic (exact) mass is 1140 g/mol. The van der Waals surface area contributed by atoms with Gasteiger partial charge in [-0.2, -0.15) is 0 Å². The molecule has 7 rings (SSSR count). The molecule has 0 spiro atoms. The fraction of sp³-hybridized carbons (Fsp3) is 0.526. The topological polar surface area (TPSA) is 80.9 Å². The number of rotatable bonds is 22. The molecule has 0 fully saturated rings. The van der Waals surface area contributed by atoms with E-state index in [0.717, 1.165) is 101 Å². The van der Waals surface area contributed by atoms with Gasteiger partial charge in [-0.25, -0.2) is 0 Å². The number of hydrogen-bond donors (Lipinski definition) is 4. The molecule has 6 aromatic carbocycles. The molecule has 0 saturated heterocycles. The lowest BCUT2D eigenvalue weighted by Crippen LogP contribution is -2.32. The van der Waals surface area contributed by atoms with Gasteiger partial charge in [-0.05, 0) is 189 Å². The van der Waals surface area contributed by atoms with E-state index in [0.29, 0.717) is 11.1 Å². The van der Waals surface area contributed by atoms with Crippen LogP contribution >= 0.6 is 16.8 Å². The SMILES string of the molecule is CCC(C)(C)c1ccc(-c2ccc3c(c2-c2ccc(C(C)(C)CC)cc2C(C)(C)CC)-c2c(-c4ccc(C(C)(C)CC)cc4C(C)(C)CC)c(-c4ccc(C(C)(C)CC)cc4C(C)(C)CC)c(P(O)O)c(P(O)O)c2-3)c(C(C)(C)CC)c1. The highest BCUT2D eigenvalue weighted by atomic mass is 31.2. The first-order chi connectivity index (χ1) is 38.0. The van der Waals surface area contributed by atoms with Crippen LogP contribution in [0, 0.1) is 0 Å². The predicted molar refractivity (Wildman–Crippen MR) is 361 cm³/mol. The zero-order valence-corrected chi connectivity index (χ0v) is 57.2. The van der Waals surface area contributed by atoms with Gasteiger partial charge in [0.05, 0.1) is 10.6 Å². The van der Waals surface area contributed by atoms with E-state index in [1.165, 1.54) is 50.1 Å². The standard InChI is InChI=1S/C76H106O4P2/c1-25-69(9,10)47-33-37-51(57(43-47)73(17,18)29-5)52-41-42-56-63(61(52)53-38-34-48(70(11,12)26-2)44-58(53)74(19,20)30-6)66-62(54-39-35-49(71(13,14)27-3)45-59(54)75(21,22)31-7)64(67(81(77)78)68(65(56)66)82(79)80)55-40-36-50(72(15,16)28-4)46-60(55)76(23,24)32-8/h33-46,77-80H,25-32H2,1-24H3. The fourth-order valence-corrected chi connectivity index (χ4v) is 14.2. The number of benzene rings is 6. The second-order valence-corrected chi connectivity index (χ2v) is 31.7. The Morgan fingerprint density at radius 2 is 0.476 bits per heavy atom. The third-order valence-corrected chi connectivity index (χ3v) is 23.7. The second-order valence-electron chi connectivity index (χ2n) is 29.6. The van der Waals surface area contributed by atoms with Crippen molar-refractivity contribution >= 4 is 27.4 Å². The van der Waals surface area contributed by atoms with Gasteiger partial charge in [0.1, 0.15) is 0 Å². The van der Waals surface area contributed by atoms with Crippen molar-refractivity contribution in [1.82, 2.24) is 0 Å². The molecule has 0 saturated carbocycles. The maximum atomic E-state index is 12.4. The third-order valence-electron chi connectivity index (χ3n) is 21.9. The van der Waals surface area contributed by atoms with Gasteiger partial charge < -0.3 is 19.6 Å². The summed E-state index contributed by atoms with van der Waals surface area (Å²) < 4.78 is 0. The first-order valence-corrected chi connectivity index (χ1v) is 33.8. The van der Waals surface area contributed by atoms with Gasteiger partial charge >= 0.3 is 0 Å². The van der Waals surface area contributed by atoms with Crippen molar-refractivity contribution in [3.63, 3.8) is 0 Å². The highest BCUT2D eigenvalue weighted by Crippen LogP contribution is 2.64. The normalized spacial score (nSPS) is 13.7. The van der Waals surface area contributed by atoms with Crippen molar-refractivity contribution in [2.75, 3.05) is 0 Å². The Kier molecular flexibility index (Phi) is 18.7. The lowest BCUT2D eigenvalue weighted by atomic mass is 9.65. The molecule has 0 amide bonds. The van der Waals surface area contributed by atoms with Crippen LogP contribution in [-0.2, 0) is 43.3 Å². The minimum absolute atomic E-state index is 0.0354. The molecule has 82 heavy (non-hydrogen) atoms. The highest BCUT2D eigenvalue weighted by molar-refractivity contribution is 7.61. The highest BCUT2D eigenvalue weighted by Gasteiger charge is 2.44. The summed E-state index contributed by atoms with van der Waals surface area (Å²) in [5, 5.41) is 0.461. The van der Waals surface area contributed by atoms with Gasteiger partial charge in [0.15, 0.2) is 0 Å². The van der Waals surface area contributed by atoms with Crippen molar-refractivity contribution in [2.45, 2.75) is 261 Å². The van der Waals surface area contributed by atoms with Crippen molar-refractivity contribution in [3.05, 3.63) is 129 Å². The molecular weight excluding hydrogens is 1040 g/mol. The molecule has 0 aliphatic heterocycles. The zero-order chi connectivity index (χ0) is 61.4. The maximum absolute atomic E-state index is 12.4. The van der Waals surface area contributed by atoms with Crippen molar-refractivity contribution in [3.8, 4) is 66.8 Å². The van der Waals surface area contributed by atoms with Gasteiger partial charge in [-0.1, -0.05) is 251 Å². The van der Waals surface area contributed by atoms with Crippen molar-refractivity contribution < 1.29 is 19.6 Å². The maximum Gasteiger partial charge on any atom is 0.201 e. The molecule has 444 valence electrons. The Morgan fingerprint density at radius 1 is 0.244 bits per heavy atom. The first-order valence-electron chi connectivity index (χ1n) is 31.3. The molecule has 6 aromatic rings.